The monoisotopic (exact) mass is 459 g/mol. The highest BCUT2D eigenvalue weighted by Crippen LogP contribution is 2.33. The van der Waals surface area contributed by atoms with Crippen LogP contribution in [0.3, 0.4) is 0 Å². The van der Waals surface area contributed by atoms with E-state index < -0.39 is 0 Å². The van der Waals surface area contributed by atoms with Crippen LogP contribution in [0, 0.1) is 0 Å². The van der Waals surface area contributed by atoms with E-state index in [0.717, 1.165) is 0 Å². The molecule has 1 amide bonds. The van der Waals surface area contributed by atoms with Gasteiger partial charge in [0.25, 0.3) is 0 Å². The van der Waals surface area contributed by atoms with E-state index in [9.17, 15) is 9.90 Å². The van der Waals surface area contributed by atoms with Crippen LogP contribution in [0.15, 0.2) is 56.5 Å². The van der Waals surface area contributed by atoms with Gasteiger partial charge in [-0.3, -0.25) is 4.79 Å². The molecule has 3 aromatic rings. The first kappa shape index (κ1) is 20.4. The second-order valence-corrected chi connectivity index (χ2v) is 6.70. The third kappa shape index (κ3) is 4.94. The van der Waals surface area contributed by atoms with Crippen LogP contribution in [0.25, 0.3) is 11.5 Å². The third-order valence-electron chi connectivity index (χ3n) is 3.93. The molecule has 0 atom stereocenters. The summed E-state index contributed by atoms with van der Waals surface area (Å²) < 4.78 is 16.4. The molecule has 0 radical (unpaired) electrons. The van der Waals surface area contributed by atoms with Gasteiger partial charge in [0.1, 0.15) is 0 Å². The van der Waals surface area contributed by atoms with Crippen molar-refractivity contribution >= 4 is 28.1 Å². The molecular weight excluding hydrogens is 442 g/mol. The number of amides is 1. The molecular formula is C20H18BrN3O5. The summed E-state index contributed by atoms with van der Waals surface area (Å²) in [5.74, 6) is 0.579. The Labute approximate surface area is 175 Å². The van der Waals surface area contributed by atoms with E-state index in [-0.39, 0.29) is 29.9 Å². The minimum Gasteiger partial charge on any atom is -0.493 e. The van der Waals surface area contributed by atoms with Crippen molar-refractivity contribution in [2.75, 3.05) is 14.2 Å². The molecule has 3 rings (SSSR count). The molecule has 0 aliphatic heterocycles. The average Bonchev–Trinajstić information content (AvgIpc) is 3.10. The number of hydrazone groups is 1. The molecule has 2 aromatic carbocycles. The van der Waals surface area contributed by atoms with Gasteiger partial charge in [-0.05, 0) is 29.8 Å². The Bertz CT molecular complexity index is 1030. The number of nitrogens with one attached hydrogen (secondary N) is 1. The van der Waals surface area contributed by atoms with E-state index >= 15 is 0 Å². The highest BCUT2D eigenvalue weighted by molar-refractivity contribution is 9.10. The lowest BCUT2D eigenvalue weighted by Gasteiger charge is -2.11. The molecule has 0 aliphatic carbocycles. The van der Waals surface area contributed by atoms with E-state index in [0.29, 0.717) is 27.1 Å². The van der Waals surface area contributed by atoms with Gasteiger partial charge in [0.2, 0.25) is 11.8 Å². The molecule has 0 aliphatic rings. The number of ether oxygens (including phenoxy) is 2. The number of hydrogen-bond acceptors (Lipinski definition) is 7. The van der Waals surface area contributed by atoms with Crippen molar-refractivity contribution in [2.24, 2.45) is 5.10 Å². The maximum Gasteiger partial charge on any atom is 0.312 e. The molecule has 9 heteroatoms. The van der Waals surface area contributed by atoms with Crippen LogP contribution in [-0.2, 0) is 11.2 Å². The summed E-state index contributed by atoms with van der Waals surface area (Å²) in [5.41, 5.74) is 3.91. The highest BCUT2D eigenvalue weighted by atomic mass is 79.9. The number of hydrogen-bond donors (Lipinski definition) is 2. The quantitative estimate of drug-likeness (QED) is 0.413. The number of aromatic hydroxyl groups is 1. The summed E-state index contributed by atoms with van der Waals surface area (Å²) in [6.45, 7) is 0. The zero-order valence-electron chi connectivity index (χ0n) is 15.7. The number of methoxy groups -OCH3 is 2. The van der Waals surface area contributed by atoms with Crippen molar-refractivity contribution in [1.82, 2.24) is 10.4 Å². The molecule has 1 aromatic heterocycles. The minimum absolute atomic E-state index is 0.0539. The van der Waals surface area contributed by atoms with Gasteiger partial charge in [-0.1, -0.05) is 34.1 Å². The van der Waals surface area contributed by atoms with E-state index in [1.54, 1.807) is 24.3 Å². The SMILES string of the molecule is COc1cc(Br)c(CC(=O)NN=Cc2nc(-c3ccccc3)oc2O)cc1OC. The van der Waals surface area contributed by atoms with E-state index in [2.05, 4.69) is 31.4 Å². The number of benzene rings is 2. The second kappa shape index (κ2) is 9.24. The molecule has 1 heterocycles. The topological polar surface area (TPSA) is 106 Å². The molecule has 0 saturated heterocycles. The van der Waals surface area contributed by atoms with E-state index in [4.69, 9.17) is 13.9 Å². The van der Waals surface area contributed by atoms with Crippen molar-refractivity contribution in [2.45, 2.75) is 6.42 Å². The van der Waals surface area contributed by atoms with Crippen LogP contribution in [0.2, 0.25) is 0 Å². The molecule has 0 bridgehead atoms. The number of aromatic nitrogens is 1. The standard InChI is InChI=1S/C20H18BrN3O5/c1-27-16-8-13(14(21)10-17(16)28-2)9-18(25)24-22-11-15-20(26)29-19(23-15)12-6-4-3-5-7-12/h3-8,10-11,26H,9H2,1-2H3,(H,24,25). The fraction of sp³-hybridized carbons (Fsp3) is 0.150. The summed E-state index contributed by atoms with van der Waals surface area (Å²) in [5, 5.41) is 13.7. The molecule has 0 fully saturated rings. The summed E-state index contributed by atoms with van der Waals surface area (Å²) in [4.78, 5) is 16.4. The smallest absolute Gasteiger partial charge is 0.312 e. The number of halogens is 1. The maximum absolute atomic E-state index is 12.2. The Morgan fingerprint density at radius 1 is 1.24 bits per heavy atom. The first-order valence-electron chi connectivity index (χ1n) is 8.49. The number of carbonyl (C=O) groups is 1. The predicted octanol–water partition coefficient (Wildman–Crippen LogP) is 3.52. The van der Waals surface area contributed by atoms with Crippen molar-refractivity contribution in [3.05, 3.63) is 58.2 Å². The summed E-state index contributed by atoms with van der Waals surface area (Å²) in [6, 6.07) is 12.6. The van der Waals surface area contributed by atoms with Crippen molar-refractivity contribution in [3.8, 4) is 28.9 Å². The number of rotatable bonds is 7. The molecule has 0 spiro atoms. The average molecular weight is 460 g/mol. The largest absolute Gasteiger partial charge is 0.493 e. The van der Waals surface area contributed by atoms with Crippen LogP contribution < -0.4 is 14.9 Å². The Kier molecular flexibility index (Phi) is 6.50. The van der Waals surface area contributed by atoms with Gasteiger partial charge in [0.15, 0.2) is 17.2 Å². The third-order valence-corrected chi connectivity index (χ3v) is 4.67. The first-order chi connectivity index (χ1) is 14.0. The number of oxazole rings is 1. The Hall–Kier alpha value is -3.33. The lowest BCUT2D eigenvalue weighted by Crippen LogP contribution is -2.20. The molecule has 0 saturated carbocycles. The summed E-state index contributed by atoms with van der Waals surface area (Å²) in [6.07, 6.45) is 1.27. The lowest BCUT2D eigenvalue weighted by atomic mass is 10.1. The van der Waals surface area contributed by atoms with Crippen LogP contribution in [0.4, 0.5) is 0 Å². The van der Waals surface area contributed by atoms with Gasteiger partial charge >= 0.3 is 5.95 Å². The zero-order valence-corrected chi connectivity index (χ0v) is 17.3. The highest BCUT2D eigenvalue weighted by Gasteiger charge is 2.14. The molecule has 150 valence electrons. The van der Waals surface area contributed by atoms with Gasteiger partial charge in [0, 0.05) is 10.0 Å². The maximum atomic E-state index is 12.2. The Morgan fingerprint density at radius 3 is 2.62 bits per heavy atom. The van der Waals surface area contributed by atoms with Crippen molar-refractivity contribution in [3.63, 3.8) is 0 Å². The van der Waals surface area contributed by atoms with Gasteiger partial charge in [-0.25, -0.2) is 10.4 Å². The summed E-state index contributed by atoms with van der Waals surface area (Å²) in [7, 11) is 3.06. The second-order valence-electron chi connectivity index (χ2n) is 5.84. The van der Waals surface area contributed by atoms with Crippen molar-refractivity contribution < 1.29 is 23.8 Å². The van der Waals surface area contributed by atoms with E-state index in [1.165, 1.54) is 20.4 Å². The molecule has 8 nitrogen and oxygen atoms in total. The van der Waals surface area contributed by atoms with E-state index in [1.807, 2.05) is 18.2 Å². The van der Waals surface area contributed by atoms with Crippen molar-refractivity contribution in [1.29, 1.82) is 0 Å². The van der Waals surface area contributed by atoms with Gasteiger partial charge in [0.05, 0.1) is 26.9 Å². The van der Waals surface area contributed by atoms with Crippen LogP contribution in [-0.4, -0.2) is 36.4 Å². The fourth-order valence-corrected chi connectivity index (χ4v) is 2.98. The fourth-order valence-electron chi connectivity index (χ4n) is 2.52. The molecule has 0 unspecified atom stereocenters. The minimum atomic E-state index is -0.385. The Morgan fingerprint density at radius 2 is 1.93 bits per heavy atom. The molecule has 2 N–H and O–H groups in total. The zero-order chi connectivity index (χ0) is 20.8. The van der Waals surface area contributed by atoms with Crippen LogP contribution >= 0.6 is 15.9 Å². The normalized spacial score (nSPS) is 10.9. The predicted molar refractivity (Wildman–Crippen MR) is 110 cm³/mol. The Balaban J connectivity index is 1.66. The summed E-state index contributed by atoms with van der Waals surface area (Å²) >= 11 is 3.41. The van der Waals surface area contributed by atoms with Crippen LogP contribution in [0.1, 0.15) is 11.3 Å². The number of carbonyl (C=O) groups excluding carboxylic acids is 1. The molecule has 29 heavy (non-hydrogen) atoms. The number of nitrogens with zero attached hydrogens (tertiary/aromatic N) is 2. The first-order valence-corrected chi connectivity index (χ1v) is 9.28. The van der Waals surface area contributed by atoms with Crippen LogP contribution in [0.5, 0.6) is 17.4 Å². The van der Waals surface area contributed by atoms with Gasteiger partial charge in [-0.2, -0.15) is 5.10 Å². The van der Waals surface area contributed by atoms with Gasteiger partial charge in [-0.15, -0.1) is 0 Å². The lowest BCUT2D eigenvalue weighted by molar-refractivity contribution is -0.120. The van der Waals surface area contributed by atoms with Gasteiger partial charge < -0.3 is 19.0 Å².